The number of halogens is 1. The monoisotopic (exact) mass is 479 g/mol. The molecule has 0 saturated carbocycles. The van der Waals surface area contributed by atoms with Crippen LogP contribution in [0.4, 0.5) is 0 Å². The van der Waals surface area contributed by atoms with Crippen molar-refractivity contribution < 1.29 is 19.1 Å². The number of hydrazine groups is 1. The van der Waals surface area contributed by atoms with Crippen molar-refractivity contribution in [2.45, 2.75) is 13.8 Å². The fourth-order valence-corrected chi connectivity index (χ4v) is 2.78. The SMILES string of the molecule is COc1ccccc1C(=O)NNC(=S)NC(=O)c1cc(Br)ccc1OCC(C)C. The molecule has 0 aliphatic heterocycles. The second-order valence-electron chi connectivity index (χ2n) is 6.41. The number of amides is 2. The highest BCUT2D eigenvalue weighted by atomic mass is 79.9. The van der Waals surface area contributed by atoms with Gasteiger partial charge in [-0.3, -0.25) is 25.8 Å². The molecular formula is C20H22BrN3O4S. The standard InChI is InChI=1S/C20H22BrN3O4S/c1-12(2)11-28-17-9-8-13(21)10-15(17)18(25)22-20(29)24-23-19(26)14-6-4-5-7-16(14)27-3/h4-10,12H,11H2,1-3H3,(H,23,26)(H2,22,24,25,29). The van der Waals surface area contributed by atoms with Gasteiger partial charge in [0.25, 0.3) is 11.8 Å². The summed E-state index contributed by atoms with van der Waals surface area (Å²) in [7, 11) is 1.47. The molecular weight excluding hydrogens is 458 g/mol. The number of nitrogens with one attached hydrogen (secondary N) is 3. The van der Waals surface area contributed by atoms with E-state index in [-0.39, 0.29) is 5.11 Å². The lowest BCUT2D eigenvalue weighted by Gasteiger charge is -2.15. The molecule has 0 aliphatic carbocycles. The van der Waals surface area contributed by atoms with E-state index in [1.54, 1.807) is 42.5 Å². The number of carbonyl (C=O) groups excluding carboxylic acids is 2. The van der Waals surface area contributed by atoms with Gasteiger partial charge in [-0.05, 0) is 48.5 Å². The van der Waals surface area contributed by atoms with Crippen LogP contribution in [0.3, 0.4) is 0 Å². The zero-order valence-corrected chi connectivity index (χ0v) is 18.6. The third-order valence-electron chi connectivity index (χ3n) is 3.63. The van der Waals surface area contributed by atoms with E-state index in [2.05, 4.69) is 32.1 Å². The summed E-state index contributed by atoms with van der Waals surface area (Å²) < 4.78 is 11.6. The van der Waals surface area contributed by atoms with Gasteiger partial charge in [0.1, 0.15) is 11.5 Å². The molecule has 0 bridgehead atoms. The number of para-hydroxylation sites is 1. The maximum atomic E-state index is 12.6. The van der Waals surface area contributed by atoms with Gasteiger partial charge in [-0.2, -0.15) is 0 Å². The molecule has 2 amide bonds. The Bertz CT molecular complexity index is 905. The van der Waals surface area contributed by atoms with E-state index in [0.717, 1.165) is 4.47 Å². The normalized spacial score (nSPS) is 10.2. The lowest BCUT2D eigenvalue weighted by molar-refractivity contribution is 0.0931. The number of hydrogen-bond acceptors (Lipinski definition) is 5. The number of benzene rings is 2. The van der Waals surface area contributed by atoms with Gasteiger partial charge in [0.2, 0.25) is 0 Å². The molecule has 0 aliphatic rings. The van der Waals surface area contributed by atoms with E-state index < -0.39 is 11.8 Å². The van der Waals surface area contributed by atoms with Crippen molar-refractivity contribution in [1.82, 2.24) is 16.2 Å². The van der Waals surface area contributed by atoms with E-state index in [1.807, 2.05) is 13.8 Å². The van der Waals surface area contributed by atoms with Crippen LogP contribution in [-0.2, 0) is 0 Å². The Hall–Kier alpha value is -2.65. The molecule has 0 atom stereocenters. The third-order valence-corrected chi connectivity index (χ3v) is 4.32. The lowest BCUT2D eigenvalue weighted by atomic mass is 10.2. The molecule has 2 aromatic carbocycles. The van der Waals surface area contributed by atoms with E-state index >= 15 is 0 Å². The Labute approximate surface area is 183 Å². The predicted octanol–water partition coefficient (Wildman–Crippen LogP) is 3.44. The van der Waals surface area contributed by atoms with Crippen molar-refractivity contribution in [3.05, 3.63) is 58.1 Å². The van der Waals surface area contributed by atoms with Gasteiger partial charge >= 0.3 is 0 Å². The first-order valence-corrected chi connectivity index (χ1v) is 9.99. The molecule has 29 heavy (non-hydrogen) atoms. The highest BCUT2D eigenvalue weighted by Crippen LogP contribution is 2.24. The summed E-state index contributed by atoms with van der Waals surface area (Å²) >= 11 is 8.45. The highest BCUT2D eigenvalue weighted by Gasteiger charge is 2.16. The average molecular weight is 480 g/mol. The number of thiocarbonyl (C=S) groups is 1. The van der Waals surface area contributed by atoms with Crippen LogP contribution in [0.1, 0.15) is 34.6 Å². The topological polar surface area (TPSA) is 88.7 Å². The number of rotatable bonds is 6. The quantitative estimate of drug-likeness (QED) is 0.434. The molecule has 154 valence electrons. The third kappa shape index (κ3) is 6.72. The Kier molecular flexibility index (Phi) is 8.41. The fraction of sp³-hybridized carbons (Fsp3) is 0.250. The molecule has 9 heteroatoms. The first-order valence-electron chi connectivity index (χ1n) is 8.78. The first kappa shape index (κ1) is 22.6. The van der Waals surface area contributed by atoms with Crippen LogP contribution in [0.5, 0.6) is 11.5 Å². The van der Waals surface area contributed by atoms with Crippen LogP contribution in [0.2, 0.25) is 0 Å². The first-order chi connectivity index (χ1) is 13.8. The van der Waals surface area contributed by atoms with E-state index in [0.29, 0.717) is 35.2 Å². The van der Waals surface area contributed by atoms with Crippen molar-refractivity contribution in [2.75, 3.05) is 13.7 Å². The summed E-state index contributed by atoms with van der Waals surface area (Å²) in [6.45, 7) is 4.50. The van der Waals surface area contributed by atoms with Gasteiger partial charge in [0.15, 0.2) is 5.11 Å². The van der Waals surface area contributed by atoms with Crippen LogP contribution in [0, 0.1) is 5.92 Å². The van der Waals surface area contributed by atoms with Gasteiger partial charge in [-0.1, -0.05) is 41.9 Å². The van der Waals surface area contributed by atoms with Crippen molar-refractivity contribution in [3.8, 4) is 11.5 Å². The lowest BCUT2D eigenvalue weighted by Crippen LogP contribution is -2.48. The predicted molar refractivity (Wildman–Crippen MR) is 118 cm³/mol. The van der Waals surface area contributed by atoms with E-state index in [9.17, 15) is 9.59 Å². The van der Waals surface area contributed by atoms with Crippen molar-refractivity contribution in [1.29, 1.82) is 0 Å². The Balaban J connectivity index is 1.99. The fourth-order valence-electron chi connectivity index (χ4n) is 2.28. The molecule has 0 spiro atoms. The van der Waals surface area contributed by atoms with Gasteiger partial charge in [-0.15, -0.1) is 0 Å². The Morgan fingerprint density at radius 1 is 1.03 bits per heavy atom. The molecule has 3 N–H and O–H groups in total. The largest absolute Gasteiger partial charge is 0.496 e. The molecule has 0 saturated heterocycles. The van der Waals surface area contributed by atoms with Crippen LogP contribution < -0.4 is 25.6 Å². The number of hydrogen-bond donors (Lipinski definition) is 3. The van der Waals surface area contributed by atoms with Crippen molar-refractivity contribution in [3.63, 3.8) is 0 Å². The van der Waals surface area contributed by atoms with E-state index in [1.165, 1.54) is 7.11 Å². The molecule has 0 fully saturated rings. The van der Waals surface area contributed by atoms with Gasteiger partial charge < -0.3 is 9.47 Å². The number of ether oxygens (including phenoxy) is 2. The summed E-state index contributed by atoms with van der Waals surface area (Å²) in [5, 5.41) is 2.46. The minimum absolute atomic E-state index is 0.0620. The summed E-state index contributed by atoms with van der Waals surface area (Å²) in [5.74, 6) is 0.252. The van der Waals surface area contributed by atoms with Crippen LogP contribution >= 0.6 is 28.1 Å². The minimum atomic E-state index is -0.464. The maximum Gasteiger partial charge on any atom is 0.273 e. The zero-order valence-electron chi connectivity index (χ0n) is 16.2. The summed E-state index contributed by atoms with van der Waals surface area (Å²) in [4.78, 5) is 24.9. The summed E-state index contributed by atoms with van der Waals surface area (Å²) in [6.07, 6.45) is 0. The Morgan fingerprint density at radius 3 is 2.45 bits per heavy atom. The minimum Gasteiger partial charge on any atom is -0.496 e. The molecule has 2 aromatic rings. The van der Waals surface area contributed by atoms with E-state index in [4.69, 9.17) is 21.7 Å². The van der Waals surface area contributed by atoms with Gasteiger partial charge in [0.05, 0.1) is 24.8 Å². The summed E-state index contributed by atoms with van der Waals surface area (Å²) in [5.41, 5.74) is 5.59. The molecule has 0 aromatic heterocycles. The smallest absolute Gasteiger partial charge is 0.273 e. The molecule has 0 unspecified atom stereocenters. The van der Waals surface area contributed by atoms with Crippen LogP contribution in [0.25, 0.3) is 0 Å². The number of methoxy groups -OCH3 is 1. The maximum absolute atomic E-state index is 12.6. The second-order valence-corrected chi connectivity index (χ2v) is 7.73. The van der Waals surface area contributed by atoms with Crippen LogP contribution in [-0.4, -0.2) is 30.6 Å². The average Bonchev–Trinajstić information content (AvgIpc) is 2.70. The van der Waals surface area contributed by atoms with Crippen molar-refractivity contribution in [2.24, 2.45) is 5.92 Å². The van der Waals surface area contributed by atoms with Gasteiger partial charge in [-0.25, -0.2) is 0 Å². The van der Waals surface area contributed by atoms with Crippen molar-refractivity contribution >= 4 is 45.1 Å². The molecule has 7 nitrogen and oxygen atoms in total. The summed E-state index contributed by atoms with van der Waals surface area (Å²) in [6, 6.07) is 11.9. The molecule has 2 rings (SSSR count). The number of carbonyl (C=O) groups is 2. The second kappa shape index (κ2) is 10.8. The zero-order chi connectivity index (χ0) is 21.4. The molecule has 0 radical (unpaired) electrons. The molecule has 0 heterocycles. The van der Waals surface area contributed by atoms with Gasteiger partial charge in [0, 0.05) is 4.47 Å². The Morgan fingerprint density at radius 2 is 1.76 bits per heavy atom. The van der Waals surface area contributed by atoms with Crippen LogP contribution in [0.15, 0.2) is 46.9 Å². The highest BCUT2D eigenvalue weighted by molar-refractivity contribution is 9.10.